The maximum Gasteiger partial charge on any atom is 0.253 e. The molecule has 0 aliphatic carbocycles. The maximum atomic E-state index is 14.1. The summed E-state index contributed by atoms with van der Waals surface area (Å²) in [4.78, 5) is 12.3. The van der Waals surface area contributed by atoms with Crippen molar-refractivity contribution in [3.05, 3.63) is 53.3 Å². The van der Waals surface area contributed by atoms with Crippen LogP contribution in [0.25, 0.3) is 22.2 Å². The molecule has 5 nitrogen and oxygen atoms in total. The van der Waals surface area contributed by atoms with E-state index in [1.807, 2.05) is 0 Å². The molecule has 7 heteroatoms. The zero-order chi connectivity index (χ0) is 15.7. The van der Waals surface area contributed by atoms with Gasteiger partial charge >= 0.3 is 0 Å². The Labute approximate surface area is 130 Å². The molecule has 0 saturated heterocycles. The molecule has 4 N–H and O–H groups in total. The first-order chi connectivity index (χ1) is 10.5. The summed E-state index contributed by atoms with van der Waals surface area (Å²) in [6.07, 6.45) is 0. The van der Waals surface area contributed by atoms with Crippen molar-refractivity contribution in [1.29, 1.82) is 0 Å². The van der Waals surface area contributed by atoms with E-state index in [0.29, 0.717) is 27.2 Å². The topological polar surface area (TPSA) is 90.2 Å². The number of hydrogen-bond donors (Lipinski definition) is 2. The van der Waals surface area contributed by atoms with Crippen molar-refractivity contribution in [3.63, 3.8) is 0 Å². The number of benzene rings is 2. The largest absolute Gasteiger partial charge is 0.370 e. The molecule has 0 spiro atoms. The number of hydrogen-bond acceptors (Lipinski definition) is 3. The van der Waals surface area contributed by atoms with Gasteiger partial charge in [-0.05, 0) is 30.3 Å². The van der Waals surface area contributed by atoms with Gasteiger partial charge in [-0.2, -0.15) is 4.99 Å². The predicted octanol–water partition coefficient (Wildman–Crippen LogP) is 2.99. The van der Waals surface area contributed by atoms with Crippen LogP contribution >= 0.6 is 11.6 Å². The molecule has 0 unspecified atom stereocenters. The molecule has 3 rings (SSSR count). The number of fused-ring (bicyclic) bond motifs is 1. The lowest BCUT2D eigenvalue weighted by molar-refractivity contribution is 0.631. The van der Waals surface area contributed by atoms with E-state index in [9.17, 15) is 4.39 Å². The predicted molar refractivity (Wildman–Crippen MR) is 85.4 cm³/mol. The van der Waals surface area contributed by atoms with Crippen molar-refractivity contribution in [2.24, 2.45) is 16.5 Å². The molecule has 110 valence electrons. The van der Waals surface area contributed by atoms with Crippen LogP contribution in [0.3, 0.4) is 0 Å². The van der Waals surface area contributed by atoms with Crippen LogP contribution in [-0.2, 0) is 0 Å². The number of nitrogens with zero attached hydrogens (tertiary/aromatic N) is 3. The third kappa shape index (κ3) is 2.68. The lowest BCUT2D eigenvalue weighted by Crippen LogP contribution is -2.22. The van der Waals surface area contributed by atoms with Crippen LogP contribution in [0.5, 0.6) is 0 Å². The highest BCUT2D eigenvalue weighted by molar-refractivity contribution is 6.31. The van der Waals surface area contributed by atoms with E-state index in [1.54, 1.807) is 36.4 Å². The van der Waals surface area contributed by atoms with Crippen LogP contribution in [0.2, 0.25) is 5.02 Å². The Morgan fingerprint density at radius 1 is 1.09 bits per heavy atom. The van der Waals surface area contributed by atoms with Crippen molar-refractivity contribution in [1.82, 2.24) is 9.97 Å². The highest BCUT2D eigenvalue weighted by atomic mass is 35.5. The van der Waals surface area contributed by atoms with E-state index in [2.05, 4.69) is 15.0 Å². The zero-order valence-corrected chi connectivity index (χ0v) is 12.0. The fraction of sp³-hybridized carbons (Fsp3) is 0. The zero-order valence-electron chi connectivity index (χ0n) is 11.3. The summed E-state index contributed by atoms with van der Waals surface area (Å²) in [5.74, 6) is -0.515. The average Bonchev–Trinajstić information content (AvgIpc) is 2.47. The molecule has 0 saturated carbocycles. The van der Waals surface area contributed by atoms with E-state index in [0.717, 1.165) is 0 Å². The van der Waals surface area contributed by atoms with E-state index in [4.69, 9.17) is 23.1 Å². The third-order valence-electron chi connectivity index (χ3n) is 3.00. The molecule has 22 heavy (non-hydrogen) atoms. The molecular weight excluding hydrogens is 305 g/mol. The van der Waals surface area contributed by atoms with Crippen LogP contribution in [0, 0.1) is 5.82 Å². The van der Waals surface area contributed by atoms with Gasteiger partial charge in [0.2, 0.25) is 0 Å². The highest BCUT2D eigenvalue weighted by Gasteiger charge is 2.13. The normalized spacial score (nSPS) is 10.6. The number of halogens is 2. The second kappa shape index (κ2) is 5.57. The monoisotopic (exact) mass is 315 g/mol. The summed E-state index contributed by atoms with van der Waals surface area (Å²) >= 11 is 6.03. The number of aliphatic imine (C=N–C) groups is 1. The summed E-state index contributed by atoms with van der Waals surface area (Å²) < 4.78 is 14.1. The minimum atomic E-state index is -0.405. The summed E-state index contributed by atoms with van der Waals surface area (Å²) in [6, 6.07) is 11.4. The standard InChI is InChI=1S/C15H11ClFN5/c16-8-5-6-12-10(7-8)13(9-3-1-2-4-11(9)17)21-15(20-12)22-14(18)19/h1-7H,(H4,18,19,20,21,22). The number of rotatable bonds is 2. The van der Waals surface area contributed by atoms with Gasteiger partial charge < -0.3 is 11.5 Å². The first kappa shape index (κ1) is 14.2. The van der Waals surface area contributed by atoms with Crippen molar-refractivity contribution < 1.29 is 4.39 Å². The van der Waals surface area contributed by atoms with Gasteiger partial charge in [0.25, 0.3) is 5.95 Å². The van der Waals surface area contributed by atoms with Crippen molar-refractivity contribution in [2.45, 2.75) is 0 Å². The Balaban J connectivity index is 2.37. The molecule has 0 bridgehead atoms. The maximum absolute atomic E-state index is 14.1. The molecule has 2 aromatic carbocycles. The van der Waals surface area contributed by atoms with Gasteiger partial charge in [-0.15, -0.1) is 0 Å². The minimum Gasteiger partial charge on any atom is -0.370 e. The molecular formula is C15H11ClFN5. The van der Waals surface area contributed by atoms with Crippen LogP contribution in [-0.4, -0.2) is 15.9 Å². The second-order valence-electron chi connectivity index (χ2n) is 4.55. The van der Waals surface area contributed by atoms with E-state index in [-0.39, 0.29) is 11.9 Å². The van der Waals surface area contributed by atoms with Crippen molar-refractivity contribution in [2.75, 3.05) is 0 Å². The Morgan fingerprint density at radius 3 is 2.59 bits per heavy atom. The van der Waals surface area contributed by atoms with Crippen LogP contribution in [0.1, 0.15) is 0 Å². The Morgan fingerprint density at radius 2 is 1.86 bits per heavy atom. The van der Waals surface area contributed by atoms with Crippen LogP contribution in [0.15, 0.2) is 47.5 Å². The molecule has 0 amide bonds. The van der Waals surface area contributed by atoms with Gasteiger partial charge in [-0.3, -0.25) is 0 Å². The summed E-state index contributed by atoms with van der Waals surface area (Å²) in [5, 5.41) is 1.12. The third-order valence-corrected chi connectivity index (χ3v) is 3.24. The first-order valence-electron chi connectivity index (χ1n) is 6.36. The SMILES string of the molecule is NC(N)=Nc1nc(-c2ccccc2F)c2cc(Cl)ccc2n1. The Kier molecular flexibility index (Phi) is 3.60. The quantitative estimate of drug-likeness (QED) is 0.562. The first-order valence-corrected chi connectivity index (χ1v) is 6.74. The minimum absolute atomic E-state index is 0.0630. The molecule has 1 aromatic heterocycles. The molecule has 1 heterocycles. The molecule has 0 radical (unpaired) electrons. The summed E-state index contributed by atoms with van der Waals surface area (Å²) in [6.45, 7) is 0. The van der Waals surface area contributed by atoms with Gasteiger partial charge in [-0.25, -0.2) is 14.4 Å². The van der Waals surface area contributed by atoms with Gasteiger partial charge in [0.15, 0.2) is 5.96 Å². The fourth-order valence-corrected chi connectivity index (χ4v) is 2.28. The Bertz CT molecular complexity index is 890. The summed E-state index contributed by atoms with van der Waals surface area (Å²) in [7, 11) is 0. The van der Waals surface area contributed by atoms with Gasteiger partial charge in [0.1, 0.15) is 5.82 Å². The number of aromatic nitrogens is 2. The molecule has 0 atom stereocenters. The number of nitrogens with two attached hydrogens (primary N) is 2. The van der Waals surface area contributed by atoms with Crippen molar-refractivity contribution in [3.8, 4) is 11.3 Å². The molecule has 3 aromatic rings. The summed E-state index contributed by atoms with van der Waals surface area (Å²) in [5.41, 5.74) is 12.0. The van der Waals surface area contributed by atoms with Gasteiger partial charge in [0.05, 0.1) is 11.2 Å². The lowest BCUT2D eigenvalue weighted by atomic mass is 10.1. The molecule has 0 aliphatic heterocycles. The van der Waals surface area contributed by atoms with Crippen molar-refractivity contribution >= 4 is 34.4 Å². The van der Waals surface area contributed by atoms with Crippen LogP contribution in [0.4, 0.5) is 10.3 Å². The van der Waals surface area contributed by atoms with E-state index < -0.39 is 5.82 Å². The van der Waals surface area contributed by atoms with Gasteiger partial charge in [0, 0.05) is 16.0 Å². The van der Waals surface area contributed by atoms with E-state index in [1.165, 1.54) is 6.07 Å². The van der Waals surface area contributed by atoms with Gasteiger partial charge in [-0.1, -0.05) is 23.7 Å². The second-order valence-corrected chi connectivity index (χ2v) is 4.99. The Hall–Kier alpha value is -2.73. The smallest absolute Gasteiger partial charge is 0.253 e. The lowest BCUT2D eigenvalue weighted by Gasteiger charge is -2.08. The average molecular weight is 316 g/mol. The number of guanidine groups is 1. The van der Waals surface area contributed by atoms with E-state index >= 15 is 0 Å². The molecule has 0 aliphatic rings. The highest BCUT2D eigenvalue weighted by Crippen LogP contribution is 2.31. The van der Waals surface area contributed by atoms with Crippen LogP contribution < -0.4 is 11.5 Å². The molecule has 0 fully saturated rings. The fourth-order valence-electron chi connectivity index (χ4n) is 2.11.